The second kappa shape index (κ2) is 10.2. The fourth-order valence-corrected chi connectivity index (χ4v) is 9.54. The molecule has 0 radical (unpaired) electrons. The lowest BCUT2D eigenvalue weighted by Gasteiger charge is -2.43. The lowest BCUT2D eigenvalue weighted by atomic mass is 10.1. The summed E-state index contributed by atoms with van der Waals surface area (Å²) >= 11 is 0. The van der Waals surface area contributed by atoms with E-state index in [4.69, 9.17) is 8.85 Å². The van der Waals surface area contributed by atoms with Gasteiger partial charge in [0.1, 0.15) is 0 Å². The first-order valence-corrected chi connectivity index (χ1v) is 16.5. The normalized spacial score (nSPS) is 14.5. The van der Waals surface area contributed by atoms with Crippen LogP contribution in [0.1, 0.15) is 54.9 Å². The van der Waals surface area contributed by atoms with Gasteiger partial charge in [0.25, 0.3) is 8.32 Å². The molecule has 0 aliphatic heterocycles. The fourth-order valence-electron chi connectivity index (χ4n) is 3.83. The van der Waals surface area contributed by atoms with Crippen molar-refractivity contribution in [1.29, 1.82) is 0 Å². The molecule has 0 aliphatic carbocycles. The average Bonchev–Trinajstić information content (AvgIpc) is 2.69. The molecule has 2 aromatic rings. The minimum Gasteiger partial charge on any atom is -0.417 e. The van der Waals surface area contributed by atoms with Gasteiger partial charge in [0.15, 0.2) is 8.32 Å². The molecular formula is C27H44O2Si2. The van der Waals surface area contributed by atoms with E-state index in [-0.39, 0.29) is 10.1 Å². The van der Waals surface area contributed by atoms with Crippen LogP contribution in [-0.2, 0) is 8.85 Å². The van der Waals surface area contributed by atoms with E-state index in [1.54, 1.807) is 0 Å². The summed E-state index contributed by atoms with van der Waals surface area (Å²) in [5.41, 5.74) is 0. The van der Waals surface area contributed by atoms with Crippen molar-refractivity contribution < 1.29 is 8.85 Å². The van der Waals surface area contributed by atoms with Crippen molar-refractivity contribution in [2.24, 2.45) is 5.92 Å². The Kier molecular flexibility index (Phi) is 8.54. The first kappa shape index (κ1) is 26.0. The molecule has 172 valence electrons. The third-order valence-corrected chi connectivity index (χ3v) is 16.4. The molecule has 0 saturated carbocycles. The highest BCUT2D eigenvalue weighted by Gasteiger charge is 2.50. The average molecular weight is 457 g/mol. The summed E-state index contributed by atoms with van der Waals surface area (Å²) in [5.74, 6) is 0.479. The molecule has 0 unspecified atom stereocenters. The van der Waals surface area contributed by atoms with Crippen molar-refractivity contribution in [2.45, 2.75) is 78.1 Å². The largest absolute Gasteiger partial charge is 0.417 e. The Hall–Kier alpha value is -1.21. The van der Waals surface area contributed by atoms with Gasteiger partial charge in [0.2, 0.25) is 0 Å². The quantitative estimate of drug-likeness (QED) is 0.395. The van der Waals surface area contributed by atoms with Crippen LogP contribution in [-0.4, -0.2) is 29.8 Å². The van der Waals surface area contributed by atoms with Gasteiger partial charge in [-0.1, -0.05) is 109 Å². The Morgan fingerprint density at radius 2 is 1.16 bits per heavy atom. The maximum absolute atomic E-state index is 7.03. The molecule has 0 aliphatic rings. The van der Waals surface area contributed by atoms with E-state index in [1.165, 1.54) is 10.4 Å². The van der Waals surface area contributed by atoms with Crippen LogP contribution >= 0.6 is 0 Å². The molecule has 2 rings (SSSR count). The third-order valence-electron chi connectivity index (χ3n) is 6.88. The molecule has 0 N–H and O–H groups in total. The summed E-state index contributed by atoms with van der Waals surface area (Å²) in [6.45, 7) is 22.5. The van der Waals surface area contributed by atoms with Crippen molar-refractivity contribution in [1.82, 2.24) is 0 Å². The zero-order valence-corrected chi connectivity index (χ0v) is 23.3. The molecule has 0 fully saturated rings. The summed E-state index contributed by atoms with van der Waals surface area (Å²) in [7, 11) is -4.15. The number of benzene rings is 2. The van der Waals surface area contributed by atoms with Crippen LogP contribution < -0.4 is 10.4 Å². The first-order valence-electron chi connectivity index (χ1n) is 11.7. The van der Waals surface area contributed by atoms with Gasteiger partial charge in [-0.25, -0.2) is 0 Å². The van der Waals surface area contributed by atoms with E-state index in [0.717, 1.165) is 19.6 Å². The second-order valence-electron chi connectivity index (χ2n) is 11.5. The Balaban J connectivity index is 2.20. The monoisotopic (exact) mass is 456 g/mol. The van der Waals surface area contributed by atoms with Gasteiger partial charge in [-0.05, 0) is 45.9 Å². The molecule has 0 spiro atoms. The minimum absolute atomic E-state index is 0.0244. The molecule has 31 heavy (non-hydrogen) atoms. The number of hydrogen-bond acceptors (Lipinski definition) is 2. The van der Waals surface area contributed by atoms with Crippen LogP contribution in [0.15, 0.2) is 60.7 Å². The van der Waals surface area contributed by atoms with Crippen LogP contribution in [0.5, 0.6) is 0 Å². The van der Waals surface area contributed by atoms with E-state index in [1.807, 2.05) is 0 Å². The predicted octanol–water partition coefficient (Wildman–Crippen LogP) is 6.61. The van der Waals surface area contributed by atoms with Gasteiger partial charge >= 0.3 is 0 Å². The van der Waals surface area contributed by atoms with E-state index in [0.29, 0.717) is 5.92 Å². The van der Waals surface area contributed by atoms with Crippen molar-refractivity contribution in [2.75, 3.05) is 13.2 Å². The third kappa shape index (κ3) is 6.19. The Labute approximate surface area is 193 Å². The maximum atomic E-state index is 7.03. The highest BCUT2D eigenvalue weighted by molar-refractivity contribution is 6.99. The van der Waals surface area contributed by atoms with Crippen molar-refractivity contribution in [3.63, 3.8) is 0 Å². The fraction of sp³-hybridized carbons (Fsp3) is 0.556. The van der Waals surface area contributed by atoms with Gasteiger partial charge in [-0.2, -0.15) is 0 Å². The zero-order chi connectivity index (χ0) is 23.3. The highest BCUT2D eigenvalue weighted by Crippen LogP contribution is 2.38. The zero-order valence-electron chi connectivity index (χ0n) is 21.3. The van der Waals surface area contributed by atoms with Gasteiger partial charge in [-0.3, -0.25) is 0 Å². The molecule has 4 heteroatoms. The van der Waals surface area contributed by atoms with Crippen LogP contribution in [0.4, 0.5) is 0 Å². The van der Waals surface area contributed by atoms with Gasteiger partial charge in [0.05, 0.1) is 0 Å². The van der Waals surface area contributed by atoms with Crippen molar-refractivity contribution in [3.8, 4) is 0 Å². The van der Waals surface area contributed by atoms with Gasteiger partial charge < -0.3 is 8.85 Å². The number of hydrogen-bond donors (Lipinski definition) is 0. The smallest absolute Gasteiger partial charge is 0.261 e. The lowest BCUT2D eigenvalue weighted by Crippen LogP contribution is -2.66. The van der Waals surface area contributed by atoms with E-state index >= 15 is 0 Å². The van der Waals surface area contributed by atoms with Gasteiger partial charge in [0, 0.05) is 13.2 Å². The minimum atomic E-state index is -2.44. The molecular weight excluding hydrogens is 412 g/mol. The summed E-state index contributed by atoms with van der Waals surface area (Å²) in [4.78, 5) is 0. The molecule has 2 aromatic carbocycles. The molecule has 0 amide bonds. The lowest BCUT2D eigenvalue weighted by molar-refractivity contribution is 0.200. The highest BCUT2D eigenvalue weighted by atomic mass is 28.4. The van der Waals surface area contributed by atoms with Crippen molar-refractivity contribution >= 4 is 27.0 Å². The van der Waals surface area contributed by atoms with Crippen molar-refractivity contribution in [3.05, 3.63) is 60.7 Å². The standard InChI is InChI=1S/C27H44O2Si2/c1-23(22-29-30(8,9)26(2,3)4)20-21-28-31(27(5,6)7,24-16-12-10-13-17-24)25-18-14-11-15-19-25/h10-19,23H,20-22H2,1-9H3/t23-/m0/s1. The van der Waals surface area contributed by atoms with E-state index in [2.05, 4.69) is 122 Å². The summed E-state index contributed by atoms with van der Waals surface area (Å²) in [5, 5.41) is 2.96. The molecule has 0 aromatic heterocycles. The molecule has 0 saturated heterocycles. The van der Waals surface area contributed by atoms with E-state index < -0.39 is 16.6 Å². The number of rotatable bonds is 9. The second-order valence-corrected chi connectivity index (χ2v) is 20.6. The summed E-state index contributed by atoms with van der Waals surface area (Å²) < 4.78 is 13.5. The maximum Gasteiger partial charge on any atom is 0.261 e. The van der Waals surface area contributed by atoms with Crippen LogP contribution in [0.25, 0.3) is 0 Å². The Bertz CT molecular complexity index is 750. The van der Waals surface area contributed by atoms with Crippen LogP contribution in [0.2, 0.25) is 23.2 Å². The molecule has 2 nitrogen and oxygen atoms in total. The summed E-state index contributed by atoms with van der Waals surface area (Å²) in [6, 6.07) is 21.8. The molecule has 1 atom stereocenters. The van der Waals surface area contributed by atoms with Gasteiger partial charge in [-0.15, -0.1) is 0 Å². The molecule has 0 bridgehead atoms. The SMILES string of the molecule is C[C@@H](CCO[Si](c1ccccc1)(c1ccccc1)C(C)(C)C)CO[Si](C)(C)C(C)(C)C. The summed E-state index contributed by atoms with van der Waals surface area (Å²) in [6.07, 6.45) is 1.01. The topological polar surface area (TPSA) is 18.5 Å². The molecule has 0 heterocycles. The van der Waals surface area contributed by atoms with Crippen LogP contribution in [0.3, 0.4) is 0 Å². The Morgan fingerprint density at radius 1 is 0.710 bits per heavy atom. The van der Waals surface area contributed by atoms with E-state index in [9.17, 15) is 0 Å². The predicted molar refractivity (Wildman–Crippen MR) is 141 cm³/mol. The Morgan fingerprint density at radius 3 is 1.55 bits per heavy atom. The van der Waals surface area contributed by atoms with Crippen LogP contribution in [0, 0.1) is 5.92 Å². The first-order chi connectivity index (χ1) is 14.3.